The van der Waals surface area contributed by atoms with Crippen LogP contribution in [0.15, 0.2) is 76.9 Å². The number of hydrogen-bond donors (Lipinski definition) is 3. The van der Waals surface area contributed by atoms with Gasteiger partial charge < -0.3 is 21.3 Å². The molecule has 0 aliphatic carbocycles. The van der Waals surface area contributed by atoms with Crippen molar-refractivity contribution < 1.29 is 9.59 Å². The smallest absolute Gasteiger partial charge is 0.237 e. The van der Waals surface area contributed by atoms with Crippen LogP contribution in [0.3, 0.4) is 0 Å². The number of rotatable bonds is 8. The normalized spacial score (nSPS) is 20.0. The van der Waals surface area contributed by atoms with Gasteiger partial charge in [-0.15, -0.1) is 6.42 Å². The Morgan fingerprint density at radius 1 is 1.12 bits per heavy atom. The number of anilines is 2. The van der Waals surface area contributed by atoms with Crippen LogP contribution in [-0.4, -0.2) is 90.8 Å². The number of nitrogens with two attached hydrogens (primary N) is 2. The zero-order valence-corrected chi connectivity index (χ0v) is 27.0. The van der Waals surface area contributed by atoms with Crippen molar-refractivity contribution in [1.82, 2.24) is 14.8 Å². The Kier molecular flexibility index (Phi) is 9.19. The molecule has 4 heterocycles. The van der Waals surface area contributed by atoms with E-state index in [1.54, 1.807) is 42.4 Å². The fraction of sp³-hybridized carbons (Fsp3) is 0.297. The van der Waals surface area contributed by atoms with Crippen molar-refractivity contribution in [2.45, 2.75) is 19.3 Å². The molecule has 11 heteroatoms. The summed E-state index contributed by atoms with van der Waals surface area (Å²) in [4.78, 5) is 45.3. The SMILES string of the molecule is C#Cc1ccc(C(=N)c2cc(N3CC[C@]4(CCN(CC(=O)N5CC=C(c6ccc(C(N)=NC=NC)cc6)CC5)C4)C3=O)ccc2N)nc1. The molecule has 1 atom stereocenters. The topological polar surface area (TPSA) is 157 Å². The maximum Gasteiger partial charge on any atom is 0.237 e. The summed E-state index contributed by atoms with van der Waals surface area (Å²) in [7, 11) is 1.64. The molecule has 0 unspecified atom stereocenters. The third-order valence-corrected chi connectivity index (χ3v) is 9.53. The molecule has 6 rings (SSSR count). The largest absolute Gasteiger partial charge is 0.398 e. The molecular weight excluding hydrogens is 602 g/mol. The average molecular weight is 642 g/mol. The monoisotopic (exact) mass is 641 g/mol. The minimum absolute atomic E-state index is 0.0549. The van der Waals surface area contributed by atoms with E-state index in [1.807, 2.05) is 35.2 Å². The molecule has 5 N–H and O–H groups in total. The first kappa shape index (κ1) is 32.3. The molecule has 244 valence electrons. The Morgan fingerprint density at radius 2 is 1.92 bits per heavy atom. The Bertz CT molecular complexity index is 1870. The number of nitrogen functional groups attached to an aromatic ring is 1. The van der Waals surface area contributed by atoms with Crippen LogP contribution in [0.25, 0.3) is 5.57 Å². The summed E-state index contributed by atoms with van der Waals surface area (Å²) in [6, 6.07) is 16.7. The van der Waals surface area contributed by atoms with Gasteiger partial charge in [-0.2, -0.15) is 0 Å². The number of aliphatic imine (C=N–C) groups is 2. The van der Waals surface area contributed by atoms with Crippen molar-refractivity contribution >= 4 is 46.6 Å². The Labute approximate surface area is 280 Å². The van der Waals surface area contributed by atoms with Crippen molar-refractivity contribution in [2.75, 3.05) is 56.9 Å². The number of nitrogens with one attached hydrogen (secondary N) is 1. The van der Waals surface area contributed by atoms with Crippen molar-refractivity contribution in [1.29, 1.82) is 5.41 Å². The Balaban J connectivity index is 1.05. The number of carbonyl (C=O) groups excluding carboxylic acids is 2. The zero-order valence-electron chi connectivity index (χ0n) is 27.0. The molecule has 3 aliphatic rings. The molecule has 48 heavy (non-hydrogen) atoms. The summed E-state index contributed by atoms with van der Waals surface area (Å²) in [5.41, 5.74) is 17.8. The van der Waals surface area contributed by atoms with E-state index in [-0.39, 0.29) is 17.5 Å². The summed E-state index contributed by atoms with van der Waals surface area (Å²) < 4.78 is 0. The number of pyridine rings is 1. The highest BCUT2D eigenvalue weighted by atomic mass is 16.2. The van der Waals surface area contributed by atoms with Crippen LogP contribution < -0.4 is 16.4 Å². The predicted molar refractivity (Wildman–Crippen MR) is 190 cm³/mol. The van der Waals surface area contributed by atoms with Gasteiger partial charge in [-0.25, -0.2) is 4.99 Å². The first-order chi connectivity index (χ1) is 23.2. The molecule has 3 aromatic rings. The lowest BCUT2D eigenvalue weighted by molar-refractivity contribution is -0.132. The molecule has 1 aromatic heterocycles. The van der Waals surface area contributed by atoms with Crippen LogP contribution in [0.1, 0.15) is 47.2 Å². The summed E-state index contributed by atoms with van der Waals surface area (Å²) in [6.45, 7) is 3.30. The summed E-state index contributed by atoms with van der Waals surface area (Å²) in [5.74, 6) is 3.07. The van der Waals surface area contributed by atoms with E-state index in [0.717, 1.165) is 17.5 Å². The molecule has 1 spiro atoms. The Morgan fingerprint density at radius 3 is 2.60 bits per heavy atom. The first-order valence-electron chi connectivity index (χ1n) is 16.0. The van der Waals surface area contributed by atoms with Crippen molar-refractivity contribution in [3.05, 3.63) is 94.8 Å². The molecular formula is C37H39N9O2. The fourth-order valence-electron chi connectivity index (χ4n) is 6.73. The highest BCUT2D eigenvalue weighted by molar-refractivity contribution is 6.14. The van der Waals surface area contributed by atoms with Gasteiger partial charge in [0.15, 0.2) is 0 Å². The van der Waals surface area contributed by atoms with Gasteiger partial charge >= 0.3 is 0 Å². The van der Waals surface area contributed by atoms with Gasteiger partial charge in [0, 0.05) is 67.5 Å². The van der Waals surface area contributed by atoms with Crippen molar-refractivity contribution in [3.63, 3.8) is 0 Å². The molecule has 11 nitrogen and oxygen atoms in total. The summed E-state index contributed by atoms with van der Waals surface area (Å²) in [6.07, 6.45) is 12.7. The summed E-state index contributed by atoms with van der Waals surface area (Å²) >= 11 is 0. The lowest BCUT2D eigenvalue weighted by Gasteiger charge is -2.29. The highest BCUT2D eigenvalue weighted by Crippen LogP contribution is 2.43. The third kappa shape index (κ3) is 6.48. The van der Waals surface area contributed by atoms with Crippen LogP contribution in [0, 0.1) is 23.2 Å². The van der Waals surface area contributed by atoms with Gasteiger partial charge in [0.05, 0.1) is 23.4 Å². The number of hydrogen-bond acceptors (Lipinski definition) is 7. The number of amidine groups is 1. The second kappa shape index (κ2) is 13.6. The minimum Gasteiger partial charge on any atom is -0.398 e. The number of benzene rings is 2. The molecule has 2 fully saturated rings. The van der Waals surface area contributed by atoms with Crippen molar-refractivity contribution in [2.24, 2.45) is 21.1 Å². The van der Waals surface area contributed by atoms with Gasteiger partial charge in [0.1, 0.15) is 12.2 Å². The molecule has 0 radical (unpaired) electrons. The van der Waals surface area contributed by atoms with E-state index in [1.165, 1.54) is 11.9 Å². The van der Waals surface area contributed by atoms with E-state index < -0.39 is 5.41 Å². The number of carbonyl (C=O) groups is 2. The van der Waals surface area contributed by atoms with E-state index in [2.05, 4.69) is 31.9 Å². The molecule has 2 saturated heterocycles. The number of likely N-dealkylation sites (tertiary alicyclic amines) is 1. The number of terminal acetylenes is 1. The van der Waals surface area contributed by atoms with E-state index >= 15 is 0 Å². The maximum absolute atomic E-state index is 13.9. The minimum atomic E-state index is -0.527. The Hall–Kier alpha value is -5.60. The van der Waals surface area contributed by atoms with Crippen LogP contribution in [0.2, 0.25) is 0 Å². The van der Waals surface area contributed by atoms with Crippen LogP contribution >= 0.6 is 0 Å². The highest BCUT2D eigenvalue weighted by Gasteiger charge is 2.51. The number of aromatic nitrogens is 1. The molecule has 2 aromatic carbocycles. The quantitative estimate of drug-likeness (QED) is 0.148. The van der Waals surface area contributed by atoms with Gasteiger partial charge in [-0.05, 0) is 67.3 Å². The first-order valence-corrected chi connectivity index (χ1v) is 16.0. The second-order valence-electron chi connectivity index (χ2n) is 12.5. The second-order valence-corrected chi connectivity index (χ2v) is 12.5. The van der Waals surface area contributed by atoms with Crippen LogP contribution in [-0.2, 0) is 9.59 Å². The maximum atomic E-state index is 13.9. The molecule has 0 saturated carbocycles. The van der Waals surface area contributed by atoms with Crippen LogP contribution in [0.5, 0.6) is 0 Å². The van der Waals surface area contributed by atoms with Crippen molar-refractivity contribution in [3.8, 4) is 12.3 Å². The third-order valence-electron chi connectivity index (χ3n) is 9.53. The predicted octanol–water partition coefficient (Wildman–Crippen LogP) is 3.17. The fourth-order valence-corrected chi connectivity index (χ4v) is 6.73. The number of amides is 2. The lowest BCUT2D eigenvalue weighted by Crippen LogP contribution is -2.43. The zero-order chi connectivity index (χ0) is 33.8. The molecule has 2 amide bonds. The average Bonchev–Trinajstić information content (AvgIpc) is 3.68. The van der Waals surface area contributed by atoms with E-state index in [4.69, 9.17) is 23.3 Å². The van der Waals surface area contributed by atoms with Crippen LogP contribution in [0.4, 0.5) is 11.4 Å². The van der Waals surface area contributed by atoms with Gasteiger partial charge in [-0.3, -0.25) is 29.9 Å². The molecule has 0 bridgehead atoms. The van der Waals surface area contributed by atoms with Gasteiger partial charge in [-0.1, -0.05) is 36.3 Å². The van der Waals surface area contributed by atoms with E-state index in [9.17, 15) is 9.59 Å². The standard InChI is InChI=1S/C37H39N9O2/c1-3-25-4-11-32(42-21-25)34(39)30-20-29(9-10-31(30)38)46-19-15-37(36(46)48)14-18-44(23-37)22-33(47)45-16-12-27(13-17-45)26-5-7-28(8-6-26)35(40)43-24-41-2/h1,4-12,20-21,24,39H,13-19,22-23,38H2,2H3,(H2,40,41,43)/t37-/m0/s1. The lowest BCUT2D eigenvalue weighted by atomic mass is 9.85. The molecule has 3 aliphatic heterocycles. The summed E-state index contributed by atoms with van der Waals surface area (Å²) in [5, 5.41) is 8.73. The van der Waals surface area contributed by atoms with E-state index in [0.29, 0.717) is 86.1 Å². The van der Waals surface area contributed by atoms with Gasteiger partial charge in [0.25, 0.3) is 0 Å². The van der Waals surface area contributed by atoms with Gasteiger partial charge in [0.2, 0.25) is 11.8 Å². The number of nitrogens with zero attached hydrogens (tertiary/aromatic N) is 6.